The lowest BCUT2D eigenvalue weighted by molar-refractivity contribution is -0.135. The monoisotopic (exact) mass is 243 g/mol. The number of hydrogen-bond donors (Lipinski definition) is 2. The molecule has 90 valence electrons. The molecule has 1 saturated heterocycles. The molecule has 0 aromatic rings. The minimum Gasteiger partial charge on any atom is -0.288 e. The third-order valence-electron chi connectivity index (χ3n) is 2.92. The Morgan fingerprint density at radius 3 is 2.06 bits per heavy atom. The summed E-state index contributed by atoms with van der Waals surface area (Å²) in [6.45, 7) is 4.83. The lowest BCUT2D eigenvalue weighted by atomic mass is 10.0. The van der Waals surface area contributed by atoms with Crippen molar-refractivity contribution in [2.75, 3.05) is 12.8 Å². The maximum atomic E-state index is 10.9. The van der Waals surface area contributed by atoms with Gasteiger partial charge in [-0.2, -0.15) is 11.8 Å². The average molecular weight is 243 g/mol. The largest absolute Gasteiger partial charge is 0.316 e. The Bertz CT molecular complexity index is 298. The molecular formula is C10H17N3O2S. The number of carbonyl (C=O) groups is 2. The zero-order chi connectivity index (χ0) is 12.2. The van der Waals surface area contributed by atoms with Gasteiger partial charge in [0.15, 0.2) is 0 Å². The summed E-state index contributed by atoms with van der Waals surface area (Å²) >= 11 is 1.77. The van der Waals surface area contributed by atoms with Gasteiger partial charge in [0.25, 0.3) is 0 Å². The maximum absolute atomic E-state index is 10.9. The highest BCUT2D eigenvalue weighted by Gasteiger charge is 2.28. The highest BCUT2D eigenvalue weighted by molar-refractivity contribution is 8.00. The van der Waals surface area contributed by atoms with Gasteiger partial charge >= 0.3 is 11.8 Å². The first-order chi connectivity index (χ1) is 7.56. The quantitative estimate of drug-likeness (QED) is 0.691. The van der Waals surface area contributed by atoms with E-state index in [1.165, 1.54) is 0 Å². The molecular weight excluding hydrogens is 226 g/mol. The molecule has 1 fully saturated rings. The van der Waals surface area contributed by atoms with Crippen LogP contribution < -0.4 is 10.6 Å². The van der Waals surface area contributed by atoms with Crippen molar-refractivity contribution >= 4 is 29.5 Å². The number of hydrogen-bond acceptors (Lipinski definition) is 4. The van der Waals surface area contributed by atoms with E-state index in [4.69, 9.17) is 0 Å². The van der Waals surface area contributed by atoms with Crippen LogP contribution in [0.2, 0.25) is 0 Å². The molecule has 16 heavy (non-hydrogen) atoms. The molecule has 0 aliphatic carbocycles. The predicted octanol–water partition coefficient (Wildman–Crippen LogP) is 0.510. The van der Waals surface area contributed by atoms with Gasteiger partial charge in [0.2, 0.25) is 5.96 Å². The van der Waals surface area contributed by atoms with E-state index in [1.54, 1.807) is 11.8 Å². The molecule has 6 heteroatoms. The highest BCUT2D eigenvalue weighted by Crippen LogP contribution is 2.30. The minimum absolute atomic E-state index is 0.0883. The summed E-state index contributed by atoms with van der Waals surface area (Å²) in [6, 6.07) is 0. The van der Waals surface area contributed by atoms with E-state index in [9.17, 15) is 9.59 Å². The summed E-state index contributed by atoms with van der Waals surface area (Å²) < 4.78 is 0.0883. The number of amides is 2. The summed E-state index contributed by atoms with van der Waals surface area (Å²) in [7, 11) is 0. The Kier molecular flexibility index (Phi) is 4.35. The minimum atomic E-state index is -0.638. The molecule has 1 rings (SSSR count). The second-order valence-electron chi connectivity index (χ2n) is 3.67. The van der Waals surface area contributed by atoms with E-state index in [0.29, 0.717) is 6.54 Å². The zero-order valence-electron chi connectivity index (χ0n) is 9.79. The van der Waals surface area contributed by atoms with Gasteiger partial charge in [0.1, 0.15) is 0 Å². The Hall–Kier alpha value is -1.04. The van der Waals surface area contributed by atoms with Gasteiger partial charge in [-0.1, -0.05) is 13.8 Å². The summed E-state index contributed by atoms with van der Waals surface area (Å²) in [4.78, 5) is 26.1. The molecule has 0 spiro atoms. The molecule has 0 bridgehead atoms. The van der Waals surface area contributed by atoms with Gasteiger partial charge < -0.3 is 0 Å². The molecule has 1 heterocycles. The van der Waals surface area contributed by atoms with E-state index < -0.39 is 11.8 Å². The van der Waals surface area contributed by atoms with E-state index in [2.05, 4.69) is 35.7 Å². The Morgan fingerprint density at radius 2 is 1.69 bits per heavy atom. The molecule has 2 N–H and O–H groups in total. The van der Waals surface area contributed by atoms with Crippen LogP contribution in [0.25, 0.3) is 0 Å². The van der Waals surface area contributed by atoms with Crippen LogP contribution >= 0.6 is 11.8 Å². The number of thioether (sulfide) groups is 1. The van der Waals surface area contributed by atoms with Crippen molar-refractivity contribution in [3.8, 4) is 0 Å². The molecule has 0 aromatic heterocycles. The summed E-state index contributed by atoms with van der Waals surface area (Å²) in [6.07, 6.45) is 4.06. The van der Waals surface area contributed by atoms with Crippen LogP contribution in [0.4, 0.5) is 0 Å². The van der Waals surface area contributed by atoms with Crippen LogP contribution in [-0.4, -0.2) is 35.3 Å². The van der Waals surface area contributed by atoms with Crippen molar-refractivity contribution in [2.45, 2.75) is 31.4 Å². The Labute approximate surface area is 99.5 Å². The first-order valence-electron chi connectivity index (χ1n) is 5.29. The molecule has 0 unspecified atom stereocenters. The third-order valence-corrected chi connectivity index (χ3v) is 4.49. The topological polar surface area (TPSA) is 70.6 Å². The normalized spacial score (nSPS) is 16.1. The SMILES string of the molecule is CCC(CC)(CN=C1NC(=O)C(=O)N1)SC. The van der Waals surface area contributed by atoms with Gasteiger partial charge in [-0.3, -0.25) is 25.2 Å². The number of carbonyl (C=O) groups excluding carboxylic acids is 2. The Balaban J connectivity index is 2.65. The molecule has 0 aromatic carbocycles. The average Bonchev–Trinajstić information content (AvgIpc) is 2.61. The van der Waals surface area contributed by atoms with Gasteiger partial charge in [-0.15, -0.1) is 0 Å². The molecule has 0 saturated carbocycles. The van der Waals surface area contributed by atoms with E-state index in [-0.39, 0.29) is 10.7 Å². The Morgan fingerprint density at radius 1 is 1.19 bits per heavy atom. The molecule has 0 atom stereocenters. The second-order valence-corrected chi connectivity index (χ2v) is 4.94. The van der Waals surface area contributed by atoms with Crippen LogP contribution in [-0.2, 0) is 9.59 Å². The van der Waals surface area contributed by atoms with Crippen LogP contribution in [0.1, 0.15) is 26.7 Å². The van der Waals surface area contributed by atoms with Crippen molar-refractivity contribution in [1.82, 2.24) is 10.6 Å². The van der Waals surface area contributed by atoms with Crippen LogP contribution in [0.3, 0.4) is 0 Å². The van der Waals surface area contributed by atoms with Crippen LogP contribution in [0.5, 0.6) is 0 Å². The van der Waals surface area contributed by atoms with Gasteiger partial charge in [0, 0.05) is 4.75 Å². The van der Waals surface area contributed by atoms with Gasteiger partial charge in [-0.05, 0) is 19.1 Å². The lowest BCUT2D eigenvalue weighted by Gasteiger charge is -2.27. The summed E-state index contributed by atoms with van der Waals surface area (Å²) in [5.74, 6) is -1.00. The third kappa shape index (κ3) is 2.75. The fourth-order valence-corrected chi connectivity index (χ4v) is 2.26. The highest BCUT2D eigenvalue weighted by atomic mass is 32.2. The van der Waals surface area contributed by atoms with Crippen molar-refractivity contribution in [1.29, 1.82) is 0 Å². The van der Waals surface area contributed by atoms with Crippen molar-refractivity contribution in [3.63, 3.8) is 0 Å². The molecule has 2 amide bonds. The van der Waals surface area contributed by atoms with Gasteiger partial charge in [-0.25, -0.2) is 0 Å². The molecule has 1 aliphatic heterocycles. The van der Waals surface area contributed by atoms with Crippen molar-refractivity contribution in [2.24, 2.45) is 4.99 Å². The smallest absolute Gasteiger partial charge is 0.288 e. The fraction of sp³-hybridized carbons (Fsp3) is 0.700. The van der Waals surface area contributed by atoms with Gasteiger partial charge in [0.05, 0.1) is 6.54 Å². The number of nitrogens with zero attached hydrogens (tertiary/aromatic N) is 1. The molecule has 5 nitrogen and oxygen atoms in total. The zero-order valence-corrected chi connectivity index (χ0v) is 10.6. The van der Waals surface area contributed by atoms with Crippen LogP contribution in [0, 0.1) is 0 Å². The van der Waals surface area contributed by atoms with E-state index in [0.717, 1.165) is 12.8 Å². The standard InChI is InChI=1S/C10H17N3O2S/c1-4-10(5-2,16-3)6-11-9-12-7(14)8(15)13-9/h4-6H2,1-3H3,(H2,11,12,13,14,15). The van der Waals surface area contributed by atoms with E-state index in [1.807, 2.05) is 0 Å². The first-order valence-corrected chi connectivity index (χ1v) is 6.51. The van der Waals surface area contributed by atoms with Crippen molar-refractivity contribution in [3.05, 3.63) is 0 Å². The number of aliphatic imine (C=N–C) groups is 1. The molecule has 1 aliphatic rings. The lowest BCUT2D eigenvalue weighted by Crippen LogP contribution is -2.31. The van der Waals surface area contributed by atoms with E-state index >= 15 is 0 Å². The molecule has 0 radical (unpaired) electrons. The number of rotatable bonds is 5. The maximum Gasteiger partial charge on any atom is 0.316 e. The first kappa shape index (κ1) is 13.0. The number of guanidine groups is 1. The van der Waals surface area contributed by atoms with Crippen LogP contribution in [0.15, 0.2) is 4.99 Å². The summed E-state index contributed by atoms with van der Waals surface area (Å²) in [5, 5.41) is 4.78. The predicted molar refractivity (Wildman–Crippen MR) is 65.4 cm³/mol. The fourth-order valence-electron chi connectivity index (χ4n) is 1.49. The summed E-state index contributed by atoms with van der Waals surface area (Å²) in [5.41, 5.74) is 0. The number of nitrogens with one attached hydrogen (secondary N) is 2. The van der Waals surface area contributed by atoms with Crippen molar-refractivity contribution < 1.29 is 9.59 Å². The second kappa shape index (κ2) is 5.34.